The number of aryl methyl sites for hydroxylation is 1. The highest BCUT2D eigenvalue weighted by Crippen LogP contribution is 2.31. The van der Waals surface area contributed by atoms with Gasteiger partial charge in [0.15, 0.2) is 0 Å². The standard InChI is InChI=1S/C16H25Cl/c1-12-7-6-8-14(9-12)11-15(17)10-13(2)16(3,4)5/h6-9,13,15H,10-11H2,1-5H3. The summed E-state index contributed by atoms with van der Waals surface area (Å²) in [4.78, 5) is 0. The summed E-state index contributed by atoms with van der Waals surface area (Å²) >= 11 is 6.47. The number of hydrogen-bond acceptors (Lipinski definition) is 0. The highest BCUT2D eigenvalue weighted by Gasteiger charge is 2.22. The van der Waals surface area contributed by atoms with Crippen molar-refractivity contribution in [2.24, 2.45) is 11.3 Å². The van der Waals surface area contributed by atoms with Gasteiger partial charge in [-0.15, -0.1) is 11.6 Å². The Bertz CT molecular complexity index is 349. The molecule has 0 amide bonds. The van der Waals surface area contributed by atoms with Crippen LogP contribution in [-0.4, -0.2) is 5.38 Å². The van der Waals surface area contributed by atoms with E-state index >= 15 is 0 Å². The summed E-state index contributed by atoms with van der Waals surface area (Å²) in [5.74, 6) is 0.648. The van der Waals surface area contributed by atoms with Gasteiger partial charge in [-0.2, -0.15) is 0 Å². The van der Waals surface area contributed by atoms with E-state index in [2.05, 4.69) is 58.9 Å². The molecule has 0 saturated carbocycles. The smallest absolute Gasteiger partial charge is 0.0379 e. The molecule has 1 rings (SSSR count). The molecule has 96 valence electrons. The summed E-state index contributed by atoms with van der Waals surface area (Å²) in [6.07, 6.45) is 2.06. The average molecular weight is 253 g/mol. The van der Waals surface area contributed by atoms with Crippen molar-refractivity contribution < 1.29 is 0 Å². The molecule has 0 heterocycles. The van der Waals surface area contributed by atoms with Gasteiger partial charge in [-0.25, -0.2) is 0 Å². The Morgan fingerprint density at radius 1 is 1.24 bits per heavy atom. The zero-order valence-electron chi connectivity index (χ0n) is 11.8. The van der Waals surface area contributed by atoms with Crippen LogP contribution in [0.25, 0.3) is 0 Å². The van der Waals surface area contributed by atoms with Crippen LogP contribution in [0.5, 0.6) is 0 Å². The van der Waals surface area contributed by atoms with Crippen LogP contribution in [0.4, 0.5) is 0 Å². The van der Waals surface area contributed by atoms with Gasteiger partial charge in [-0.05, 0) is 36.7 Å². The van der Waals surface area contributed by atoms with Crippen molar-refractivity contribution in [1.29, 1.82) is 0 Å². The topological polar surface area (TPSA) is 0 Å². The van der Waals surface area contributed by atoms with Crippen molar-refractivity contribution in [1.82, 2.24) is 0 Å². The maximum atomic E-state index is 6.47. The Hall–Kier alpha value is -0.490. The molecule has 0 aliphatic heterocycles. The molecular formula is C16H25Cl. The normalized spacial score (nSPS) is 15.6. The Balaban J connectivity index is 2.53. The van der Waals surface area contributed by atoms with Crippen molar-refractivity contribution in [2.45, 2.75) is 52.8 Å². The number of rotatable bonds is 4. The third-order valence-electron chi connectivity index (χ3n) is 3.63. The maximum absolute atomic E-state index is 6.47. The molecular weight excluding hydrogens is 228 g/mol. The molecule has 17 heavy (non-hydrogen) atoms. The van der Waals surface area contributed by atoms with Gasteiger partial charge in [0.1, 0.15) is 0 Å². The summed E-state index contributed by atoms with van der Waals surface area (Å²) in [6.45, 7) is 11.3. The van der Waals surface area contributed by atoms with E-state index in [1.54, 1.807) is 0 Å². The first kappa shape index (κ1) is 14.6. The molecule has 0 nitrogen and oxygen atoms in total. The van der Waals surface area contributed by atoms with Crippen molar-refractivity contribution in [2.75, 3.05) is 0 Å². The van der Waals surface area contributed by atoms with Crippen molar-refractivity contribution >= 4 is 11.6 Å². The summed E-state index contributed by atoms with van der Waals surface area (Å²) in [7, 11) is 0. The van der Waals surface area contributed by atoms with E-state index < -0.39 is 0 Å². The van der Waals surface area contributed by atoms with Gasteiger partial charge in [-0.1, -0.05) is 57.5 Å². The quantitative estimate of drug-likeness (QED) is 0.645. The second kappa shape index (κ2) is 5.91. The van der Waals surface area contributed by atoms with Crippen LogP contribution in [-0.2, 0) is 6.42 Å². The third kappa shape index (κ3) is 5.12. The molecule has 2 atom stereocenters. The Morgan fingerprint density at radius 3 is 2.41 bits per heavy atom. The lowest BCUT2D eigenvalue weighted by Gasteiger charge is -2.29. The minimum Gasteiger partial charge on any atom is -0.123 e. The van der Waals surface area contributed by atoms with Crippen LogP contribution >= 0.6 is 11.6 Å². The number of hydrogen-bond donors (Lipinski definition) is 0. The number of benzene rings is 1. The lowest BCUT2D eigenvalue weighted by atomic mass is 9.79. The van der Waals surface area contributed by atoms with Crippen molar-refractivity contribution in [3.8, 4) is 0 Å². The monoisotopic (exact) mass is 252 g/mol. The molecule has 0 spiro atoms. The van der Waals surface area contributed by atoms with E-state index in [0.717, 1.165) is 12.8 Å². The molecule has 0 radical (unpaired) electrons. The predicted molar refractivity (Wildman–Crippen MR) is 77.8 cm³/mol. The van der Waals surface area contributed by atoms with E-state index in [1.807, 2.05) is 0 Å². The largest absolute Gasteiger partial charge is 0.123 e. The van der Waals surface area contributed by atoms with E-state index in [1.165, 1.54) is 11.1 Å². The first-order chi connectivity index (χ1) is 7.79. The zero-order chi connectivity index (χ0) is 13.1. The van der Waals surface area contributed by atoms with Gasteiger partial charge in [0.25, 0.3) is 0 Å². The lowest BCUT2D eigenvalue weighted by Crippen LogP contribution is -2.21. The van der Waals surface area contributed by atoms with E-state index in [0.29, 0.717) is 11.3 Å². The van der Waals surface area contributed by atoms with E-state index in [9.17, 15) is 0 Å². The van der Waals surface area contributed by atoms with Crippen LogP contribution < -0.4 is 0 Å². The van der Waals surface area contributed by atoms with E-state index in [4.69, 9.17) is 11.6 Å². The molecule has 1 aromatic rings. The van der Waals surface area contributed by atoms with Gasteiger partial charge in [-0.3, -0.25) is 0 Å². The van der Waals surface area contributed by atoms with Gasteiger partial charge >= 0.3 is 0 Å². The van der Waals surface area contributed by atoms with E-state index in [-0.39, 0.29) is 5.38 Å². The fourth-order valence-corrected chi connectivity index (χ4v) is 2.36. The Labute approximate surface area is 111 Å². The fraction of sp³-hybridized carbons (Fsp3) is 0.625. The van der Waals surface area contributed by atoms with Crippen LogP contribution in [0.1, 0.15) is 45.2 Å². The third-order valence-corrected chi connectivity index (χ3v) is 3.96. The summed E-state index contributed by atoms with van der Waals surface area (Å²) in [5.41, 5.74) is 3.01. The highest BCUT2D eigenvalue weighted by molar-refractivity contribution is 6.20. The summed E-state index contributed by atoms with van der Waals surface area (Å²) in [6, 6.07) is 8.65. The molecule has 0 saturated heterocycles. The molecule has 0 aromatic heterocycles. The van der Waals surface area contributed by atoms with Gasteiger partial charge in [0.05, 0.1) is 0 Å². The fourth-order valence-electron chi connectivity index (χ4n) is 1.92. The molecule has 0 aliphatic carbocycles. The number of alkyl halides is 1. The molecule has 0 N–H and O–H groups in total. The second-order valence-electron chi connectivity index (χ2n) is 6.29. The highest BCUT2D eigenvalue weighted by atomic mass is 35.5. The van der Waals surface area contributed by atoms with Crippen molar-refractivity contribution in [3.63, 3.8) is 0 Å². The van der Waals surface area contributed by atoms with Gasteiger partial charge in [0.2, 0.25) is 0 Å². The van der Waals surface area contributed by atoms with Gasteiger partial charge < -0.3 is 0 Å². The van der Waals surface area contributed by atoms with Gasteiger partial charge in [0, 0.05) is 5.38 Å². The Kier molecular flexibility index (Phi) is 5.06. The number of halogens is 1. The van der Waals surface area contributed by atoms with Crippen LogP contribution in [0.3, 0.4) is 0 Å². The summed E-state index contributed by atoms with van der Waals surface area (Å²) in [5, 5.41) is 0.242. The van der Waals surface area contributed by atoms with Crippen LogP contribution in [0, 0.1) is 18.3 Å². The maximum Gasteiger partial charge on any atom is 0.0379 e. The molecule has 1 heteroatoms. The predicted octanol–water partition coefficient (Wildman–Crippen LogP) is 5.22. The van der Waals surface area contributed by atoms with Crippen LogP contribution in [0.2, 0.25) is 0 Å². The SMILES string of the molecule is Cc1cccc(CC(Cl)CC(C)C(C)(C)C)c1. The first-order valence-corrected chi connectivity index (χ1v) is 6.92. The molecule has 1 aromatic carbocycles. The Morgan fingerprint density at radius 2 is 1.88 bits per heavy atom. The molecule has 0 aliphatic rings. The zero-order valence-corrected chi connectivity index (χ0v) is 12.5. The molecule has 2 unspecified atom stereocenters. The van der Waals surface area contributed by atoms with Crippen LogP contribution in [0.15, 0.2) is 24.3 Å². The second-order valence-corrected chi connectivity index (χ2v) is 6.91. The minimum atomic E-state index is 0.242. The molecule has 0 bridgehead atoms. The summed E-state index contributed by atoms with van der Waals surface area (Å²) < 4.78 is 0. The first-order valence-electron chi connectivity index (χ1n) is 6.48. The average Bonchev–Trinajstić information content (AvgIpc) is 2.15. The van der Waals surface area contributed by atoms with Crippen molar-refractivity contribution in [3.05, 3.63) is 35.4 Å². The lowest BCUT2D eigenvalue weighted by molar-refractivity contribution is 0.244. The minimum absolute atomic E-state index is 0.242. The molecule has 0 fully saturated rings.